The van der Waals surface area contributed by atoms with Crippen molar-refractivity contribution in [2.75, 3.05) is 19.5 Å². The van der Waals surface area contributed by atoms with Gasteiger partial charge in [-0.1, -0.05) is 19.1 Å². The number of aromatic nitrogens is 1. The number of hydrogen-bond acceptors (Lipinski definition) is 5. The van der Waals surface area contributed by atoms with Crippen LogP contribution >= 0.6 is 0 Å². The first-order valence-corrected chi connectivity index (χ1v) is 9.95. The van der Waals surface area contributed by atoms with E-state index in [-0.39, 0.29) is 5.91 Å². The zero-order valence-electron chi connectivity index (χ0n) is 17.9. The number of carbonyl (C=O) groups excluding carboxylic acids is 1. The van der Waals surface area contributed by atoms with Crippen LogP contribution in [0, 0.1) is 0 Å². The third-order valence-electron chi connectivity index (χ3n) is 4.61. The lowest BCUT2D eigenvalue weighted by molar-refractivity contribution is 0.0976. The monoisotopic (exact) mass is 418 g/mol. The molecule has 0 fully saturated rings. The maximum Gasteiger partial charge on any atom is 0.258 e. The van der Waals surface area contributed by atoms with Crippen molar-refractivity contribution in [3.05, 3.63) is 83.7 Å². The zero-order chi connectivity index (χ0) is 22.1. The molecular formula is C24H26N4O3. The lowest BCUT2D eigenvalue weighted by Crippen LogP contribution is -2.36. The van der Waals surface area contributed by atoms with Gasteiger partial charge in [0.25, 0.3) is 5.91 Å². The predicted octanol–water partition coefficient (Wildman–Crippen LogP) is 4.06. The molecule has 0 saturated carbocycles. The first-order valence-electron chi connectivity index (χ1n) is 9.95. The van der Waals surface area contributed by atoms with Gasteiger partial charge in [0.15, 0.2) is 0 Å². The summed E-state index contributed by atoms with van der Waals surface area (Å²) in [5.74, 6) is 1.08. The molecule has 0 aliphatic heterocycles. The Morgan fingerprint density at radius 2 is 1.68 bits per heavy atom. The Balaban J connectivity index is 1.85. The molecule has 0 atom stereocenters. The molecule has 0 bridgehead atoms. The molecule has 0 aliphatic rings. The molecule has 160 valence electrons. The number of rotatable bonds is 7. The largest absolute Gasteiger partial charge is 0.497 e. The summed E-state index contributed by atoms with van der Waals surface area (Å²) in [5, 5.41) is 6.09. The van der Waals surface area contributed by atoms with Crippen LogP contribution in [0.2, 0.25) is 0 Å². The molecule has 31 heavy (non-hydrogen) atoms. The van der Waals surface area contributed by atoms with E-state index in [1.54, 1.807) is 44.8 Å². The molecule has 1 aromatic heterocycles. The molecule has 0 aliphatic carbocycles. The number of carbonyl (C=O) groups is 1. The smallest absolute Gasteiger partial charge is 0.258 e. The second-order valence-electron chi connectivity index (χ2n) is 6.75. The van der Waals surface area contributed by atoms with E-state index >= 15 is 0 Å². The number of anilines is 1. The average molecular weight is 418 g/mol. The normalized spacial score (nSPS) is 11.0. The van der Waals surface area contributed by atoms with Gasteiger partial charge in [-0.05, 0) is 53.9 Å². The quantitative estimate of drug-likeness (QED) is 0.446. The topological polar surface area (TPSA) is 84.8 Å². The first kappa shape index (κ1) is 21.8. The second kappa shape index (κ2) is 10.8. The molecule has 2 aromatic carbocycles. The fourth-order valence-corrected chi connectivity index (χ4v) is 2.89. The molecule has 0 spiro atoms. The van der Waals surface area contributed by atoms with Crippen molar-refractivity contribution < 1.29 is 14.3 Å². The lowest BCUT2D eigenvalue weighted by Gasteiger charge is -2.14. The molecular weight excluding hydrogens is 392 g/mol. The number of aryl methyl sites for hydroxylation is 1. The average Bonchev–Trinajstić information content (AvgIpc) is 2.82. The molecule has 3 aromatic rings. The van der Waals surface area contributed by atoms with Crippen molar-refractivity contribution in [1.82, 2.24) is 10.3 Å². The van der Waals surface area contributed by atoms with E-state index in [2.05, 4.69) is 33.6 Å². The van der Waals surface area contributed by atoms with Crippen LogP contribution in [0.25, 0.3) is 0 Å². The Morgan fingerprint density at radius 3 is 2.32 bits per heavy atom. The van der Waals surface area contributed by atoms with Gasteiger partial charge in [0.2, 0.25) is 5.96 Å². The highest BCUT2D eigenvalue weighted by atomic mass is 16.5. The Hall–Kier alpha value is -3.87. The SMILES string of the molecule is CCc1cccc(NC(=NCc2ccncc2)NC(=O)c2cc(OC)cc(OC)c2)c1. The summed E-state index contributed by atoms with van der Waals surface area (Å²) in [6.07, 6.45) is 4.34. The molecule has 0 saturated heterocycles. The minimum Gasteiger partial charge on any atom is -0.497 e. The van der Waals surface area contributed by atoms with Gasteiger partial charge in [-0.2, -0.15) is 0 Å². The number of benzene rings is 2. The number of hydrogen-bond donors (Lipinski definition) is 2. The van der Waals surface area contributed by atoms with E-state index in [0.717, 1.165) is 17.7 Å². The van der Waals surface area contributed by atoms with Crippen LogP contribution in [-0.2, 0) is 13.0 Å². The summed E-state index contributed by atoms with van der Waals surface area (Å²) in [6.45, 7) is 2.48. The molecule has 2 N–H and O–H groups in total. The van der Waals surface area contributed by atoms with Gasteiger partial charge in [0.05, 0.1) is 20.8 Å². The van der Waals surface area contributed by atoms with Crippen molar-refractivity contribution in [3.63, 3.8) is 0 Å². The molecule has 3 rings (SSSR count). The Morgan fingerprint density at radius 1 is 0.968 bits per heavy atom. The van der Waals surface area contributed by atoms with Gasteiger partial charge >= 0.3 is 0 Å². The highest BCUT2D eigenvalue weighted by Gasteiger charge is 2.13. The minimum atomic E-state index is -0.329. The molecule has 0 unspecified atom stereocenters. The van der Waals surface area contributed by atoms with E-state index in [1.807, 2.05) is 30.3 Å². The number of nitrogens with one attached hydrogen (secondary N) is 2. The number of pyridine rings is 1. The number of nitrogens with zero attached hydrogens (tertiary/aromatic N) is 2. The fraction of sp³-hybridized carbons (Fsp3) is 0.208. The second-order valence-corrected chi connectivity index (χ2v) is 6.75. The van der Waals surface area contributed by atoms with Gasteiger partial charge in [0.1, 0.15) is 11.5 Å². The van der Waals surface area contributed by atoms with Crippen molar-refractivity contribution in [2.24, 2.45) is 4.99 Å². The maximum absolute atomic E-state index is 13.0. The maximum atomic E-state index is 13.0. The van der Waals surface area contributed by atoms with Gasteiger partial charge < -0.3 is 14.8 Å². The third-order valence-corrected chi connectivity index (χ3v) is 4.61. The van der Waals surface area contributed by atoms with Crippen LogP contribution in [0.1, 0.15) is 28.4 Å². The van der Waals surface area contributed by atoms with Crippen LogP contribution in [0.5, 0.6) is 11.5 Å². The molecule has 0 radical (unpaired) electrons. The van der Waals surface area contributed by atoms with Crippen molar-refractivity contribution in [3.8, 4) is 11.5 Å². The summed E-state index contributed by atoms with van der Waals surface area (Å²) in [4.78, 5) is 21.6. The number of guanidine groups is 1. The van der Waals surface area contributed by atoms with Crippen molar-refractivity contribution in [1.29, 1.82) is 0 Å². The van der Waals surface area contributed by atoms with E-state index < -0.39 is 0 Å². The van der Waals surface area contributed by atoms with Crippen LogP contribution < -0.4 is 20.1 Å². The number of ether oxygens (including phenoxy) is 2. The number of amides is 1. The van der Waals surface area contributed by atoms with Crippen LogP contribution in [0.15, 0.2) is 72.0 Å². The first-order chi connectivity index (χ1) is 15.1. The summed E-state index contributed by atoms with van der Waals surface area (Å²) in [7, 11) is 3.08. The van der Waals surface area contributed by atoms with Crippen molar-refractivity contribution >= 4 is 17.6 Å². The van der Waals surface area contributed by atoms with E-state index in [9.17, 15) is 4.79 Å². The molecule has 1 heterocycles. The summed E-state index contributed by atoms with van der Waals surface area (Å²) < 4.78 is 10.5. The van der Waals surface area contributed by atoms with Gasteiger partial charge in [-0.25, -0.2) is 4.99 Å². The third kappa shape index (κ3) is 6.30. The Labute approximate surface area is 182 Å². The Bertz CT molecular complexity index is 1030. The van der Waals surface area contributed by atoms with Gasteiger partial charge in [-0.3, -0.25) is 15.1 Å². The van der Waals surface area contributed by atoms with Gasteiger partial charge in [0, 0.05) is 29.7 Å². The van der Waals surface area contributed by atoms with E-state index in [1.165, 1.54) is 5.56 Å². The highest BCUT2D eigenvalue weighted by molar-refractivity contribution is 6.10. The molecule has 1 amide bonds. The summed E-state index contributed by atoms with van der Waals surface area (Å²) >= 11 is 0. The molecule has 7 nitrogen and oxygen atoms in total. The van der Waals surface area contributed by atoms with Crippen LogP contribution in [-0.4, -0.2) is 31.1 Å². The van der Waals surface area contributed by atoms with Gasteiger partial charge in [-0.15, -0.1) is 0 Å². The number of aliphatic imine (C=N–C) groups is 1. The van der Waals surface area contributed by atoms with E-state index in [4.69, 9.17) is 9.47 Å². The van der Waals surface area contributed by atoms with Crippen molar-refractivity contribution in [2.45, 2.75) is 19.9 Å². The van der Waals surface area contributed by atoms with E-state index in [0.29, 0.717) is 29.6 Å². The molecule has 7 heteroatoms. The zero-order valence-corrected chi connectivity index (χ0v) is 17.9. The number of methoxy groups -OCH3 is 2. The predicted molar refractivity (Wildman–Crippen MR) is 122 cm³/mol. The summed E-state index contributed by atoms with van der Waals surface area (Å²) in [5.41, 5.74) is 3.41. The highest BCUT2D eigenvalue weighted by Crippen LogP contribution is 2.22. The Kier molecular flexibility index (Phi) is 7.59. The lowest BCUT2D eigenvalue weighted by atomic mass is 10.1. The fourth-order valence-electron chi connectivity index (χ4n) is 2.89. The summed E-state index contributed by atoms with van der Waals surface area (Å²) in [6, 6.07) is 16.8. The van der Waals surface area contributed by atoms with Crippen LogP contribution in [0.4, 0.5) is 5.69 Å². The standard InChI is InChI=1S/C24H26N4O3/c1-4-17-6-5-7-20(12-17)27-24(26-16-18-8-10-25-11-9-18)28-23(29)19-13-21(30-2)15-22(14-19)31-3/h5-15H,4,16H2,1-3H3,(H2,26,27,28,29). The van der Waals surface area contributed by atoms with Crippen LogP contribution in [0.3, 0.4) is 0 Å². The minimum absolute atomic E-state index is 0.329.